The largest absolute Gasteiger partial charge is 0.312 e. The number of benzene rings is 1. The average molecular weight is 238 g/mol. The van der Waals surface area contributed by atoms with Crippen molar-refractivity contribution in [1.82, 2.24) is 4.98 Å². The van der Waals surface area contributed by atoms with Crippen LogP contribution in [0.2, 0.25) is 0 Å². The van der Waals surface area contributed by atoms with Gasteiger partial charge in [0.2, 0.25) is 0 Å². The summed E-state index contributed by atoms with van der Waals surface area (Å²) in [6, 6.07) is 13.3. The first-order valence-electron chi connectivity index (χ1n) is 5.68. The molecule has 2 rings (SSSR count). The number of likely N-dealkylation sites (N-methyl/N-ethyl adjacent to an activating group) is 1. The van der Waals surface area contributed by atoms with Gasteiger partial charge in [-0.3, -0.25) is 9.78 Å². The van der Waals surface area contributed by atoms with E-state index < -0.39 is 0 Å². The average Bonchev–Trinajstić information content (AvgIpc) is 2.46. The Balaban J connectivity index is 2.07. The zero-order valence-corrected chi connectivity index (χ0v) is 10.2. The minimum absolute atomic E-state index is 0.0574. The SMILES string of the molecule is CN(C(=O)/C=C/c1ccncc1)c1ccccc1. The summed E-state index contributed by atoms with van der Waals surface area (Å²) < 4.78 is 0. The fourth-order valence-electron chi connectivity index (χ4n) is 1.53. The minimum atomic E-state index is -0.0574. The van der Waals surface area contributed by atoms with Crippen LogP contribution in [-0.2, 0) is 4.79 Å². The van der Waals surface area contributed by atoms with Crippen LogP contribution < -0.4 is 4.90 Å². The first-order chi connectivity index (χ1) is 8.77. The van der Waals surface area contributed by atoms with Crippen molar-refractivity contribution in [1.29, 1.82) is 0 Å². The highest BCUT2D eigenvalue weighted by molar-refractivity contribution is 6.03. The molecule has 1 aromatic heterocycles. The van der Waals surface area contributed by atoms with Gasteiger partial charge >= 0.3 is 0 Å². The Morgan fingerprint density at radius 2 is 1.78 bits per heavy atom. The first-order valence-corrected chi connectivity index (χ1v) is 5.68. The van der Waals surface area contributed by atoms with E-state index in [2.05, 4.69) is 4.98 Å². The van der Waals surface area contributed by atoms with Gasteiger partial charge in [0.05, 0.1) is 0 Å². The third kappa shape index (κ3) is 3.04. The summed E-state index contributed by atoms with van der Waals surface area (Å²) in [4.78, 5) is 17.5. The molecular weight excluding hydrogens is 224 g/mol. The lowest BCUT2D eigenvalue weighted by Crippen LogP contribution is -2.23. The number of hydrogen-bond donors (Lipinski definition) is 0. The van der Waals surface area contributed by atoms with Gasteiger partial charge in [0.25, 0.3) is 5.91 Å². The lowest BCUT2D eigenvalue weighted by atomic mass is 10.2. The normalized spacial score (nSPS) is 10.5. The molecular formula is C15H14N2O. The number of nitrogens with zero attached hydrogens (tertiary/aromatic N) is 2. The summed E-state index contributed by atoms with van der Waals surface area (Å²) in [5.41, 5.74) is 1.83. The molecule has 0 unspecified atom stereocenters. The maximum atomic E-state index is 11.9. The van der Waals surface area contributed by atoms with Crippen molar-refractivity contribution >= 4 is 17.7 Å². The summed E-state index contributed by atoms with van der Waals surface area (Å²) >= 11 is 0. The summed E-state index contributed by atoms with van der Waals surface area (Å²) in [5.74, 6) is -0.0574. The second-order valence-corrected chi connectivity index (χ2v) is 3.85. The molecule has 0 aliphatic carbocycles. The van der Waals surface area contributed by atoms with Crippen LogP contribution in [0.5, 0.6) is 0 Å². The zero-order chi connectivity index (χ0) is 12.8. The van der Waals surface area contributed by atoms with Crippen molar-refractivity contribution in [3.05, 3.63) is 66.5 Å². The predicted molar refractivity (Wildman–Crippen MR) is 73.1 cm³/mol. The Morgan fingerprint density at radius 1 is 1.11 bits per heavy atom. The van der Waals surface area contributed by atoms with E-state index in [9.17, 15) is 4.79 Å². The van der Waals surface area contributed by atoms with E-state index >= 15 is 0 Å². The molecule has 0 aliphatic rings. The van der Waals surface area contributed by atoms with Gasteiger partial charge in [0.1, 0.15) is 0 Å². The number of para-hydroxylation sites is 1. The Morgan fingerprint density at radius 3 is 2.44 bits per heavy atom. The van der Waals surface area contributed by atoms with Gasteiger partial charge < -0.3 is 4.90 Å². The van der Waals surface area contributed by atoms with Crippen LogP contribution in [0.3, 0.4) is 0 Å². The molecule has 1 amide bonds. The standard InChI is InChI=1S/C15H14N2O/c1-17(14-5-3-2-4-6-14)15(18)8-7-13-9-11-16-12-10-13/h2-12H,1H3/b8-7+. The van der Waals surface area contributed by atoms with Crippen molar-refractivity contribution in [2.75, 3.05) is 11.9 Å². The summed E-state index contributed by atoms with van der Waals surface area (Å²) in [6.45, 7) is 0. The molecule has 3 heteroatoms. The molecule has 3 nitrogen and oxygen atoms in total. The Hall–Kier alpha value is -2.42. The van der Waals surface area contributed by atoms with Crippen LogP contribution in [0, 0.1) is 0 Å². The number of anilines is 1. The fraction of sp³-hybridized carbons (Fsp3) is 0.0667. The maximum absolute atomic E-state index is 11.9. The molecule has 2 aromatic rings. The molecule has 0 saturated heterocycles. The molecule has 18 heavy (non-hydrogen) atoms. The summed E-state index contributed by atoms with van der Waals surface area (Å²) in [6.07, 6.45) is 6.74. The first kappa shape index (κ1) is 12.0. The van der Waals surface area contributed by atoms with E-state index in [-0.39, 0.29) is 5.91 Å². The lowest BCUT2D eigenvalue weighted by Gasteiger charge is -2.14. The maximum Gasteiger partial charge on any atom is 0.250 e. The third-order valence-electron chi connectivity index (χ3n) is 2.60. The topological polar surface area (TPSA) is 33.2 Å². The molecule has 0 radical (unpaired) electrons. The number of carbonyl (C=O) groups excluding carboxylic acids is 1. The van der Waals surface area contributed by atoms with E-state index in [1.165, 1.54) is 0 Å². The van der Waals surface area contributed by atoms with Crippen molar-refractivity contribution in [3.63, 3.8) is 0 Å². The number of amides is 1. The van der Waals surface area contributed by atoms with Gasteiger partial charge in [0, 0.05) is 31.2 Å². The van der Waals surface area contributed by atoms with Gasteiger partial charge in [-0.1, -0.05) is 18.2 Å². The molecule has 0 fully saturated rings. The van der Waals surface area contributed by atoms with E-state index in [0.717, 1.165) is 11.3 Å². The van der Waals surface area contributed by atoms with Gasteiger partial charge in [-0.25, -0.2) is 0 Å². The molecule has 0 aliphatic heterocycles. The Labute approximate surface area is 106 Å². The number of hydrogen-bond acceptors (Lipinski definition) is 2. The van der Waals surface area contributed by atoms with Gasteiger partial charge in [0.15, 0.2) is 0 Å². The van der Waals surface area contributed by atoms with Crippen molar-refractivity contribution in [2.24, 2.45) is 0 Å². The Bertz CT molecular complexity index is 535. The molecule has 0 spiro atoms. The number of rotatable bonds is 3. The van der Waals surface area contributed by atoms with Crippen LogP contribution in [0.15, 0.2) is 60.9 Å². The second kappa shape index (κ2) is 5.77. The van der Waals surface area contributed by atoms with E-state index in [0.29, 0.717) is 0 Å². The quantitative estimate of drug-likeness (QED) is 0.770. The molecule has 0 atom stereocenters. The number of pyridine rings is 1. The summed E-state index contributed by atoms with van der Waals surface area (Å²) in [5, 5.41) is 0. The second-order valence-electron chi connectivity index (χ2n) is 3.85. The van der Waals surface area contributed by atoms with Crippen LogP contribution in [0.4, 0.5) is 5.69 Å². The molecule has 0 saturated carbocycles. The molecule has 0 N–H and O–H groups in total. The highest BCUT2D eigenvalue weighted by atomic mass is 16.2. The van der Waals surface area contributed by atoms with Crippen LogP contribution in [-0.4, -0.2) is 17.9 Å². The van der Waals surface area contributed by atoms with Crippen molar-refractivity contribution in [2.45, 2.75) is 0 Å². The van der Waals surface area contributed by atoms with Gasteiger partial charge in [-0.05, 0) is 35.9 Å². The van der Waals surface area contributed by atoms with E-state index in [4.69, 9.17) is 0 Å². The van der Waals surface area contributed by atoms with E-state index in [1.807, 2.05) is 42.5 Å². The number of aromatic nitrogens is 1. The highest BCUT2D eigenvalue weighted by Gasteiger charge is 2.05. The molecule has 0 bridgehead atoms. The Kier molecular flexibility index (Phi) is 3.86. The third-order valence-corrected chi connectivity index (χ3v) is 2.60. The number of carbonyl (C=O) groups is 1. The highest BCUT2D eigenvalue weighted by Crippen LogP contribution is 2.11. The predicted octanol–water partition coefficient (Wildman–Crippen LogP) is 2.76. The van der Waals surface area contributed by atoms with Crippen LogP contribution in [0.1, 0.15) is 5.56 Å². The van der Waals surface area contributed by atoms with Crippen LogP contribution >= 0.6 is 0 Å². The van der Waals surface area contributed by atoms with Gasteiger partial charge in [-0.2, -0.15) is 0 Å². The monoisotopic (exact) mass is 238 g/mol. The molecule has 90 valence electrons. The smallest absolute Gasteiger partial charge is 0.250 e. The van der Waals surface area contributed by atoms with Crippen molar-refractivity contribution < 1.29 is 4.79 Å². The van der Waals surface area contributed by atoms with Crippen molar-refractivity contribution in [3.8, 4) is 0 Å². The lowest BCUT2D eigenvalue weighted by molar-refractivity contribution is -0.113. The minimum Gasteiger partial charge on any atom is -0.312 e. The van der Waals surface area contributed by atoms with E-state index in [1.54, 1.807) is 36.5 Å². The molecule has 1 aromatic carbocycles. The zero-order valence-electron chi connectivity index (χ0n) is 10.2. The fourth-order valence-corrected chi connectivity index (χ4v) is 1.53. The molecule has 1 heterocycles. The van der Waals surface area contributed by atoms with Gasteiger partial charge in [-0.15, -0.1) is 0 Å². The summed E-state index contributed by atoms with van der Waals surface area (Å²) in [7, 11) is 1.76. The van der Waals surface area contributed by atoms with Crippen LogP contribution in [0.25, 0.3) is 6.08 Å².